The Morgan fingerprint density at radius 3 is 2.58 bits per heavy atom. The highest BCUT2D eigenvalue weighted by molar-refractivity contribution is 6.42. The van der Waals surface area contributed by atoms with Crippen molar-refractivity contribution >= 4 is 28.6 Å². The fourth-order valence-corrected chi connectivity index (χ4v) is 3.75. The molecule has 2 heterocycles. The number of hydrogen-bond donors (Lipinski definition) is 1. The lowest BCUT2D eigenvalue weighted by Crippen LogP contribution is -2.44. The summed E-state index contributed by atoms with van der Waals surface area (Å²) < 4.78 is 5.52. The second kappa shape index (κ2) is 8.84. The molecule has 0 aliphatic carbocycles. The van der Waals surface area contributed by atoms with Gasteiger partial charge in [0.1, 0.15) is 5.58 Å². The number of fused-ring (bicyclic) bond motifs is 1. The summed E-state index contributed by atoms with van der Waals surface area (Å²) in [5, 5.41) is 12.6. The summed E-state index contributed by atoms with van der Waals surface area (Å²) in [5.74, 6) is -1.15. The number of carbonyl (C=O) groups is 3. The van der Waals surface area contributed by atoms with Crippen molar-refractivity contribution in [2.45, 2.75) is 12.8 Å². The minimum atomic E-state index is -0.639. The Hall–Kier alpha value is -3.92. The minimum Gasteiger partial charge on any atom is -0.452 e. The zero-order valence-corrected chi connectivity index (χ0v) is 16.8. The van der Waals surface area contributed by atoms with E-state index < -0.39 is 11.7 Å². The van der Waals surface area contributed by atoms with Gasteiger partial charge < -0.3 is 14.6 Å². The predicted molar refractivity (Wildman–Crippen MR) is 113 cm³/mol. The third-order valence-electron chi connectivity index (χ3n) is 5.55. The molecule has 2 amide bonds. The molecule has 31 heavy (non-hydrogen) atoms. The Bertz CT molecular complexity index is 1150. The van der Waals surface area contributed by atoms with E-state index in [-0.39, 0.29) is 17.6 Å². The number of amides is 2. The molecule has 0 radical (unpaired) electrons. The Morgan fingerprint density at radius 1 is 1.06 bits per heavy atom. The van der Waals surface area contributed by atoms with E-state index >= 15 is 0 Å². The van der Waals surface area contributed by atoms with Gasteiger partial charge in [0, 0.05) is 30.6 Å². The summed E-state index contributed by atoms with van der Waals surface area (Å²) in [7, 11) is 0. The smallest absolute Gasteiger partial charge is 0.298 e. The molecule has 0 saturated carbocycles. The molecule has 7 nitrogen and oxygen atoms in total. The Kier molecular flexibility index (Phi) is 5.80. The maximum Gasteiger partial charge on any atom is 0.298 e. The third-order valence-corrected chi connectivity index (χ3v) is 5.55. The number of Topliss-reactive ketones (excluding diaryl/α,β-unsaturated/α-hetero) is 1. The molecule has 0 unspecified atom stereocenters. The van der Waals surface area contributed by atoms with Crippen LogP contribution < -0.4 is 5.32 Å². The summed E-state index contributed by atoms with van der Waals surface area (Å²) in [6.45, 7) is 1.39. The van der Waals surface area contributed by atoms with Crippen molar-refractivity contribution < 1.29 is 18.8 Å². The van der Waals surface area contributed by atoms with Crippen molar-refractivity contribution in [2.24, 2.45) is 5.92 Å². The first-order valence-corrected chi connectivity index (χ1v) is 10.2. The quantitative estimate of drug-likeness (QED) is 0.509. The van der Waals surface area contributed by atoms with Crippen LogP contribution in [0.1, 0.15) is 39.3 Å². The van der Waals surface area contributed by atoms with Gasteiger partial charge in [-0.15, -0.1) is 0 Å². The van der Waals surface area contributed by atoms with Crippen LogP contribution in [0.2, 0.25) is 0 Å². The number of nitriles is 1. The minimum absolute atomic E-state index is 0.0557. The van der Waals surface area contributed by atoms with Gasteiger partial charge in [0.15, 0.2) is 5.76 Å². The van der Waals surface area contributed by atoms with Crippen molar-refractivity contribution in [3.05, 3.63) is 71.5 Å². The lowest BCUT2D eigenvalue weighted by atomic mass is 9.96. The fourth-order valence-electron chi connectivity index (χ4n) is 3.75. The number of nitrogens with zero attached hydrogens (tertiary/aromatic N) is 2. The summed E-state index contributed by atoms with van der Waals surface area (Å²) in [4.78, 5) is 39.0. The van der Waals surface area contributed by atoms with Gasteiger partial charge >= 0.3 is 0 Å². The SMILES string of the molecule is N#Cc1cccc(C(=O)NCC2CCN(C(=O)C(=O)c3cc4ccccc4o3)CC2)c1. The first-order chi connectivity index (χ1) is 15.0. The van der Waals surface area contributed by atoms with Crippen molar-refractivity contribution in [2.75, 3.05) is 19.6 Å². The number of piperidine rings is 1. The van der Waals surface area contributed by atoms with Gasteiger partial charge in [-0.25, -0.2) is 0 Å². The third kappa shape index (κ3) is 4.48. The number of nitrogens with one attached hydrogen (secondary N) is 1. The summed E-state index contributed by atoms with van der Waals surface area (Å²) in [6, 6.07) is 17.4. The van der Waals surface area contributed by atoms with Crippen LogP contribution in [0.25, 0.3) is 11.0 Å². The van der Waals surface area contributed by atoms with Gasteiger partial charge in [-0.05, 0) is 49.1 Å². The number of rotatable bonds is 5. The highest BCUT2D eigenvalue weighted by atomic mass is 16.3. The van der Waals surface area contributed by atoms with Crippen LogP contribution in [0.4, 0.5) is 0 Å². The summed E-state index contributed by atoms with van der Waals surface area (Å²) in [6.07, 6.45) is 1.38. The molecule has 156 valence electrons. The van der Waals surface area contributed by atoms with Crippen LogP contribution in [0, 0.1) is 17.2 Å². The Morgan fingerprint density at radius 2 is 1.84 bits per heavy atom. The zero-order chi connectivity index (χ0) is 21.8. The topological polar surface area (TPSA) is 103 Å². The number of furan rings is 1. The lowest BCUT2D eigenvalue weighted by molar-refractivity contribution is -0.127. The normalized spacial score (nSPS) is 14.2. The van der Waals surface area contributed by atoms with E-state index in [0.29, 0.717) is 49.2 Å². The largest absolute Gasteiger partial charge is 0.452 e. The molecule has 0 bridgehead atoms. The molecule has 0 spiro atoms. The monoisotopic (exact) mass is 415 g/mol. The molecule has 1 saturated heterocycles. The van der Waals surface area contributed by atoms with E-state index in [1.54, 1.807) is 41.3 Å². The number of benzene rings is 2. The first-order valence-electron chi connectivity index (χ1n) is 10.2. The molecule has 2 aromatic carbocycles. The lowest BCUT2D eigenvalue weighted by Gasteiger charge is -2.31. The zero-order valence-electron chi connectivity index (χ0n) is 16.8. The second-order valence-corrected chi connectivity index (χ2v) is 7.62. The van der Waals surface area contributed by atoms with E-state index in [1.165, 1.54) is 0 Å². The van der Waals surface area contributed by atoms with E-state index in [2.05, 4.69) is 5.32 Å². The van der Waals surface area contributed by atoms with E-state index in [1.807, 2.05) is 24.3 Å². The van der Waals surface area contributed by atoms with E-state index in [0.717, 1.165) is 5.39 Å². The number of ketones is 1. The van der Waals surface area contributed by atoms with E-state index in [4.69, 9.17) is 9.68 Å². The molecule has 1 N–H and O–H groups in total. The highest BCUT2D eigenvalue weighted by Crippen LogP contribution is 2.21. The van der Waals surface area contributed by atoms with Gasteiger partial charge in [0.05, 0.1) is 11.6 Å². The van der Waals surface area contributed by atoms with Gasteiger partial charge in [-0.3, -0.25) is 14.4 Å². The van der Waals surface area contributed by atoms with Crippen molar-refractivity contribution in [3.8, 4) is 6.07 Å². The molecular formula is C24H21N3O4. The molecular weight excluding hydrogens is 394 g/mol. The number of likely N-dealkylation sites (tertiary alicyclic amines) is 1. The molecule has 1 aliphatic heterocycles. The molecule has 3 aromatic rings. The number of carbonyl (C=O) groups excluding carboxylic acids is 3. The molecule has 1 aromatic heterocycles. The maximum absolute atomic E-state index is 12.6. The van der Waals surface area contributed by atoms with Crippen LogP contribution >= 0.6 is 0 Å². The van der Waals surface area contributed by atoms with E-state index in [9.17, 15) is 14.4 Å². The molecule has 1 aliphatic rings. The summed E-state index contributed by atoms with van der Waals surface area (Å²) >= 11 is 0. The molecule has 4 rings (SSSR count). The first kappa shape index (κ1) is 20.4. The van der Waals surface area contributed by atoms with Crippen LogP contribution in [0.15, 0.2) is 59.0 Å². The predicted octanol–water partition coefficient (Wildman–Crippen LogP) is 3.16. The summed E-state index contributed by atoms with van der Waals surface area (Å²) in [5.41, 5.74) is 1.46. The maximum atomic E-state index is 12.6. The van der Waals surface area contributed by atoms with Crippen molar-refractivity contribution in [1.82, 2.24) is 10.2 Å². The van der Waals surface area contributed by atoms with Crippen LogP contribution in [-0.2, 0) is 4.79 Å². The highest BCUT2D eigenvalue weighted by Gasteiger charge is 2.29. The number of para-hydroxylation sites is 1. The Labute approximate surface area is 179 Å². The van der Waals surface area contributed by atoms with Crippen molar-refractivity contribution in [1.29, 1.82) is 5.26 Å². The van der Waals surface area contributed by atoms with Crippen LogP contribution in [0.3, 0.4) is 0 Å². The molecule has 1 fully saturated rings. The van der Waals surface area contributed by atoms with Gasteiger partial charge in [-0.2, -0.15) is 5.26 Å². The fraction of sp³-hybridized carbons (Fsp3) is 0.250. The van der Waals surface area contributed by atoms with Crippen LogP contribution in [-0.4, -0.2) is 42.1 Å². The van der Waals surface area contributed by atoms with Crippen LogP contribution in [0.5, 0.6) is 0 Å². The van der Waals surface area contributed by atoms with Crippen molar-refractivity contribution in [3.63, 3.8) is 0 Å². The van der Waals surface area contributed by atoms with Gasteiger partial charge in [0.2, 0.25) is 0 Å². The molecule has 0 atom stereocenters. The Balaban J connectivity index is 1.29. The molecule has 7 heteroatoms. The average molecular weight is 415 g/mol. The average Bonchev–Trinajstić information content (AvgIpc) is 3.26. The van der Waals surface area contributed by atoms with Gasteiger partial charge in [-0.1, -0.05) is 24.3 Å². The second-order valence-electron chi connectivity index (χ2n) is 7.62. The number of hydrogen-bond acceptors (Lipinski definition) is 5. The standard InChI is InChI=1S/C24H21N3O4/c25-14-17-4-3-6-19(12-17)23(29)26-15-16-8-10-27(11-9-16)24(30)22(28)21-13-18-5-1-2-7-20(18)31-21/h1-7,12-13,16H,8-11,15H2,(H,26,29). The van der Waals surface area contributed by atoms with Gasteiger partial charge in [0.25, 0.3) is 17.6 Å².